The van der Waals surface area contributed by atoms with Gasteiger partial charge in [-0.05, 0) is 11.6 Å². The molecule has 0 saturated carbocycles. The van der Waals surface area contributed by atoms with Gasteiger partial charge in [0.1, 0.15) is 0 Å². The summed E-state index contributed by atoms with van der Waals surface area (Å²) in [5.74, 6) is 0. The maximum atomic E-state index is 8.34. The van der Waals surface area contributed by atoms with Gasteiger partial charge in [0.15, 0.2) is 0 Å². The Morgan fingerprint density at radius 2 is 2.08 bits per heavy atom. The average Bonchev–Trinajstić information content (AvgIpc) is 2.06. The van der Waals surface area contributed by atoms with E-state index in [1.807, 2.05) is 36.4 Å². The zero-order valence-corrected chi connectivity index (χ0v) is 7.25. The van der Waals surface area contributed by atoms with Crippen molar-refractivity contribution >= 4 is 17.7 Å². The molecule has 0 radical (unpaired) electrons. The van der Waals surface area contributed by atoms with Gasteiger partial charge in [-0.1, -0.05) is 41.9 Å². The molecule has 0 aromatic heterocycles. The zero-order valence-electron chi connectivity index (χ0n) is 6.50. The van der Waals surface area contributed by atoms with Crippen molar-refractivity contribution in [3.8, 4) is 6.07 Å². The van der Waals surface area contributed by atoms with Crippen molar-refractivity contribution in [1.82, 2.24) is 0 Å². The second kappa shape index (κ2) is 4.58. The lowest BCUT2D eigenvalue weighted by atomic mass is 10.2. The molecule has 0 aliphatic heterocycles. The molecule has 1 aromatic rings. The van der Waals surface area contributed by atoms with Crippen LogP contribution in [0.2, 0.25) is 0 Å². The van der Waals surface area contributed by atoms with Gasteiger partial charge in [0.05, 0.1) is 12.5 Å². The molecule has 0 spiro atoms. The van der Waals surface area contributed by atoms with Crippen molar-refractivity contribution in [2.75, 3.05) is 0 Å². The fraction of sp³-hybridized carbons (Fsp3) is 0.100. The standard InChI is InChI=1S/C10H8ClN/c11-10(6-7-12)8-9-4-2-1-3-5-9/h1-5,8H,6H2/b10-8+. The lowest BCUT2D eigenvalue weighted by Crippen LogP contribution is -1.72. The Kier molecular flexibility index (Phi) is 3.37. The topological polar surface area (TPSA) is 23.8 Å². The predicted octanol–water partition coefficient (Wildman–Crippen LogP) is 3.18. The molecule has 2 heteroatoms. The third-order valence-corrected chi connectivity index (χ3v) is 1.61. The van der Waals surface area contributed by atoms with E-state index >= 15 is 0 Å². The fourth-order valence-electron chi connectivity index (χ4n) is 0.857. The highest BCUT2D eigenvalue weighted by Crippen LogP contribution is 2.12. The molecule has 0 aliphatic carbocycles. The van der Waals surface area contributed by atoms with Crippen LogP contribution >= 0.6 is 11.6 Å². The minimum atomic E-state index is 0.274. The number of nitrogens with zero attached hydrogens (tertiary/aromatic N) is 1. The fourth-order valence-corrected chi connectivity index (χ4v) is 1.04. The molecule has 0 atom stereocenters. The molecule has 1 aromatic carbocycles. The molecule has 0 heterocycles. The number of hydrogen-bond donors (Lipinski definition) is 0. The summed E-state index contributed by atoms with van der Waals surface area (Å²) >= 11 is 5.75. The van der Waals surface area contributed by atoms with Crippen LogP contribution in [0.4, 0.5) is 0 Å². The van der Waals surface area contributed by atoms with E-state index in [1.165, 1.54) is 0 Å². The van der Waals surface area contributed by atoms with Crippen LogP contribution in [0.25, 0.3) is 6.08 Å². The first-order chi connectivity index (χ1) is 5.83. The smallest absolute Gasteiger partial charge is 0.0709 e. The van der Waals surface area contributed by atoms with Gasteiger partial charge in [0, 0.05) is 5.03 Å². The quantitative estimate of drug-likeness (QED) is 0.681. The summed E-state index contributed by atoms with van der Waals surface area (Å²) in [7, 11) is 0. The first kappa shape index (κ1) is 8.83. The van der Waals surface area contributed by atoms with E-state index < -0.39 is 0 Å². The molecule has 0 unspecified atom stereocenters. The van der Waals surface area contributed by atoms with Crippen LogP contribution in [-0.4, -0.2) is 0 Å². The SMILES string of the molecule is N#CC/C(Cl)=C\c1ccccc1. The minimum absolute atomic E-state index is 0.274. The highest BCUT2D eigenvalue weighted by Gasteiger charge is 1.90. The van der Waals surface area contributed by atoms with Gasteiger partial charge < -0.3 is 0 Å². The Balaban J connectivity index is 2.76. The zero-order chi connectivity index (χ0) is 8.81. The van der Waals surface area contributed by atoms with Crippen LogP contribution in [0.15, 0.2) is 35.4 Å². The molecule has 60 valence electrons. The van der Waals surface area contributed by atoms with E-state index in [1.54, 1.807) is 6.08 Å². The van der Waals surface area contributed by atoms with Gasteiger partial charge in [-0.3, -0.25) is 0 Å². The van der Waals surface area contributed by atoms with E-state index in [2.05, 4.69) is 0 Å². The van der Waals surface area contributed by atoms with Gasteiger partial charge in [-0.25, -0.2) is 0 Å². The van der Waals surface area contributed by atoms with Crippen molar-refractivity contribution < 1.29 is 0 Å². The third kappa shape index (κ3) is 2.77. The summed E-state index contributed by atoms with van der Waals surface area (Å²) in [4.78, 5) is 0. The molecule has 0 N–H and O–H groups in total. The number of benzene rings is 1. The summed E-state index contributed by atoms with van der Waals surface area (Å²) in [5.41, 5.74) is 1.03. The lowest BCUT2D eigenvalue weighted by Gasteiger charge is -1.92. The van der Waals surface area contributed by atoms with E-state index in [4.69, 9.17) is 16.9 Å². The molecule has 0 aliphatic rings. The molecule has 0 amide bonds. The average molecular weight is 178 g/mol. The van der Waals surface area contributed by atoms with Gasteiger partial charge >= 0.3 is 0 Å². The summed E-state index contributed by atoms with van der Waals surface area (Å²) in [6.45, 7) is 0. The van der Waals surface area contributed by atoms with Crippen LogP contribution < -0.4 is 0 Å². The third-order valence-electron chi connectivity index (χ3n) is 1.37. The molecule has 0 fully saturated rings. The largest absolute Gasteiger partial charge is 0.198 e. The minimum Gasteiger partial charge on any atom is -0.198 e. The Labute approximate surface area is 76.9 Å². The second-order valence-electron chi connectivity index (χ2n) is 2.34. The van der Waals surface area contributed by atoms with Crippen molar-refractivity contribution in [1.29, 1.82) is 5.26 Å². The first-order valence-corrected chi connectivity index (χ1v) is 3.99. The van der Waals surface area contributed by atoms with Crippen LogP contribution in [0.3, 0.4) is 0 Å². The van der Waals surface area contributed by atoms with Crippen LogP contribution in [0.5, 0.6) is 0 Å². The molecular formula is C10H8ClN. The molecule has 1 rings (SSSR count). The highest BCUT2D eigenvalue weighted by molar-refractivity contribution is 6.31. The molecule has 0 saturated heterocycles. The molecule has 12 heavy (non-hydrogen) atoms. The van der Waals surface area contributed by atoms with Gasteiger partial charge in [0.25, 0.3) is 0 Å². The first-order valence-electron chi connectivity index (χ1n) is 3.61. The normalized spacial score (nSPS) is 10.8. The van der Waals surface area contributed by atoms with Crippen LogP contribution in [0.1, 0.15) is 12.0 Å². The summed E-state index contributed by atoms with van der Waals surface area (Å²) in [6, 6.07) is 11.7. The van der Waals surface area contributed by atoms with Crippen molar-refractivity contribution in [2.45, 2.75) is 6.42 Å². The number of hydrogen-bond acceptors (Lipinski definition) is 1. The van der Waals surface area contributed by atoms with Gasteiger partial charge in [-0.2, -0.15) is 5.26 Å². The van der Waals surface area contributed by atoms with Crippen molar-refractivity contribution in [3.63, 3.8) is 0 Å². The Hall–Kier alpha value is -1.26. The Morgan fingerprint density at radius 3 is 2.67 bits per heavy atom. The van der Waals surface area contributed by atoms with Crippen LogP contribution in [0, 0.1) is 11.3 Å². The molecule has 1 nitrogen and oxygen atoms in total. The second-order valence-corrected chi connectivity index (χ2v) is 2.82. The number of halogens is 1. The van der Waals surface area contributed by atoms with E-state index in [0.29, 0.717) is 5.03 Å². The number of rotatable bonds is 2. The van der Waals surface area contributed by atoms with E-state index in [-0.39, 0.29) is 6.42 Å². The van der Waals surface area contributed by atoms with Crippen molar-refractivity contribution in [2.24, 2.45) is 0 Å². The molecular weight excluding hydrogens is 170 g/mol. The maximum absolute atomic E-state index is 8.34. The summed E-state index contributed by atoms with van der Waals surface area (Å²) < 4.78 is 0. The van der Waals surface area contributed by atoms with Gasteiger partial charge in [0.2, 0.25) is 0 Å². The van der Waals surface area contributed by atoms with Crippen LogP contribution in [-0.2, 0) is 0 Å². The lowest BCUT2D eigenvalue weighted by molar-refractivity contribution is 1.34. The van der Waals surface area contributed by atoms with E-state index in [0.717, 1.165) is 5.56 Å². The number of allylic oxidation sites excluding steroid dienone is 1. The maximum Gasteiger partial charge on any atom is 0.0709 e. The Bertz CT molecular complexity index is 308. The number of nitriles is 1. The van der Waals surface area contributed by atoms with E-state index in [9.17, 15) is 0 Å². The summed E-state index contributed by atoms with van der Waals surface area (Å²) in [6.07, 6.45) is 2.07. The summed E-state index contributed by atoms with van der Waals surface area (Å²) in [5, 5.41) is 8.91. The Morgan fingerprint density at radius 1 is 1.42 bits per heavy atom. The molecule has 0 bridgehead atoms. The highest BCUT2D eigenvalue weighted by atomic mass is 35.5. The van der Waals surface area contributed by atoms with Crippen molar-refractivity contribution in [3.05, 3.63) is 40.9 Å². The van der Waals surface area contributed by atoms with Gasteiger partial charge in [-0.15, -0.1) is 0 Å². The predicted molar refractivity (Wildman–Crippen MR) is 50.5 cm³/mol. The monoisotopic (exact) mass is 177 g/mol.